The summed E-state index contributed by atoms with van der Waals surface area (Å²) in [4.78, 5) is 0. The Labute approximate surface area is 280 Å². The van der Waals surface area contributed by atoms with E-state index in [0.717, 1.165) is 0 Å². The lowest BCUT2D eigenvalue weighted by Crippen LogP contribution is -1.91. The van der Waals surface area contributed by atoms with E-state index in [1.54, 1.807) is 24.3 Å². The minimum Gasteiger partial charge on any atom is -0.456 e. The lowest BCUT2D eigenvalue weighted by molar-refractivity contribution is 0.669. The zero-order valence-corrected chi connectivity index (χ0v) is 21.7. The number of hydrogen-bond acceptors (Lipinski definition) is 1. The van der Waals surface area contributed by atoms with Gasteiger partial charge in [0.25, 0.3) is 0 Å². The van der Waals surface area contributed by atoms with Crippen molar-refractivity contribution in [3.63, 3.8) is 0 Å². The van der Waals surface area contributed by atoms with E-state index in [2.05, 4.69) is 0 Å². The SMILES string of the molecule is [2H]c1c([2H])c(-c2c([2H])c([2H])c3c([2H])c([2H])c([2H])c([2H])c3c2[2H])c([2H])c(-c2c3c([2H])c([2H])c([2H])c([2H])c3c(-c3c([2H])c([2H])c([2H])c4oc5ccccc5c34)c3c([2H])c([2H])c([2H])c([2H])c23)c1[2H]. The van der Waals surface area contributed by atoms with Crippen molar-refractivity contribution < 1.29 is 34.6 Å². The number of fused-ring (bicyclic) bond motifs is 6. The Bertz CT molecular complexity index is 3660. The molecule has 0 aliphatic carbocycles. The van der Waals surface area contributed by atoms with Crippen LogP contribution in [0.4, 0.5) is 0 Å². The van der Waals surface area contributed by atoms with Gasteiger partial charge in [0.1, 0.15) is 11.2 Å². The molecule has 8 aromatic carbocycles. The lowest BCUT2D eigenvalue weighted by atomic mass is 9.84. The molecule has 1 heteroatoms. The first-order valence-corrected chi connectivity index (χ1v) is 13.0. The minimum atomic E-state index is -0.997. The molecule has 0 amide bonds. The van der Waals surface area contributed by atoms with Crippen LogP contribution in [0.3, 0.4) is 0 Å². The van der Waals surface area contributed by atoms with Gasteiger partial charge in [0.15, 0.2) is 0 Å². The van der Waals surface area contributed by atoms with E-state index in [1.807, 2.05) is 0 Å². The van der Waals surface area contributed by atoms with Crippen LogP contribution in [0.25, 0.3) is 87.6 Å². The van der Waals surface area contributed by atoms with Crippen LogP contribution in [0, 0.1) is 0 Å². The van der Waals surface area contributed by atoms with Gasteiger partial charge in [-0.15, -0.1) is 0 Å². The van der Waals surface area contributed by atoms with Gasteiger partial charge >= 0.3 is 0 Å². The third kappa shape index (κ3) is 3.72. The van der Waals surface area contributed by atoms with Crippen molar-refractivity contribution in [2.45, 2.75) is 0 Å². The summed E-state index contributed by atoms with van der Waals surface area (Å²) in [5.74, 6) is 0. The first kappa shape index (κ1) is 10.9. The highest BCUT2D eigenvalue weighted by atomic mass is 16.3. The fraction of sp³-hybridized carbons (Fsp3) is 0. The summed E-state index contributed by atoms with van der Waals surface area (Å²) < 4.78 is 204. The molecular weight excluding hydrogens is 520 g/mol. The Morgan fingerprint density at radius 1 is 0.419 bits per heavy atom. The van der Waals surface area contributed by atoms with Gasteiger partial charge in [-0.3, -0.25) is 0 Å². The molecule has 1 aromatic heterocycles. The van der Waals surface area contributed by atoms with Gasteiger partial charge in [-0.25, -0.2) is 0 Å². The molecule has 0 unspecified atom stereocenters. The summed E-state index contributed by atoms with van der Waals surface area (Å²) in [6.45, 7) is 0. The molecule has 9 rings (SSSR count). The molecule has 0 N–H and O–H groups in total. The van der Waals surface area contributed by atoms with Gasteiger partial charge < -0.3 is 4.42 Å². The minimum absolute atomic E-state index is 0.00940. The van der Waals surface area contributed by atoms with Crippen molar-refractivity contribution in [2.75, 3.05) is 0 Å². The van der Waals surface area contributed by atoms with Crippen LogP contribution in [0.5, 0.6) is 0 Å². The second-order valence-corrected chi connectivity index (χ2v) is 9.55. The van der Waals surface area contributed by atoms with Crippen LogP contribution in [-0.4, -0.2) is 0 Å². The average molecular weight is 569 g/mol. The fourth-order valence-corrected chi connectivity index (χ4v) is 5.41. The van der Waals surface area contributed by atoms with Crippen LogP contribution in [-0.2, 0) is 0 Å². The maximum atomic E-state index is 9.74. The molecule has 0 radical (unpaired) electrons. The number of benzene rings is 8. The predicted molar refractivity (Wildman–Crippen MR) is 183 cm³/mol. The van der Waals surface area contributed by atoms with Crippen molar-refractivity contribution >= 4 is 54.3 Å². The van der Waals surface area contributed by atoms with E-state index in [0.29, 0.717) is 0 Å². The van der Waals surface area contributed by atoms with Crippen molar-refractivity contribution in [2.24, 2.45) is 0 Å². The second kappa shape index (κ2) is 9.44. The third-order valence-corrected chi connectivity index (χ3v) is 7.21. The number of rotatable bonds is 3. The molecule has 0 aliphatic heterocycles. The largest absolute Gasteiger partial charge is 0.456 e. The molecule has 0 fully saturated rings. The van der Waals surface area contributed by atoms with Crippen LogP contribution in [0.1, 0.15) is 30.2 Å². The summed E-state index contributed by atoms with van der Waals surface area (Å²) in [6, 6.07) is -12.1. The molecule has 200 valence electrons. The number of furan rings is 1. The molecule has 0 aliphatic rings. The molecule has 43 heavy (non-hydrogen) atoms. The van der Waals surface area contributed by atoms with Gasteiger partial charge in [0.2, 0.25) is 0 Å². The normalized spacial score (nSPS) is 18.9. The molecule has 0 spiro atoms. The van der Waals surface area contributed by atoms with Crippen molar-refractivity contribution in [1.29, 1.82) is 0 Å². The molecule has 1 heterocycles. The molecule has 9 aromatic rings. The maximum Gasteiger partial charge on any atom is 0.136 e. The summed E-state index contributed by atoms with van der Waals surface area (Å²) >= 11 is 0. The van der Waals surface area contributed by atoms with Gasteiger partial charge in [-0.05, 0) is 89.9 Å². The van der Waals surface area contributed by atoms with Gasteiger partial charge in [-0.1, -0.05) is 133 Å². The van der Waals surface area contributed by atoms with E-state index in [-0.39, 0.29) is 27.5 Å². The van der Waals surface area contributed by atoms with Crippen molar-refractivity contribution in [3.05, 3.63) is 157 Å². The molecule has 0 saturated carbocycles. The first-order valence-electron chi connectivity index (χ1n) is 24.0. The van der Waals surface area contributed by atoms with E-state index in [9.17, 15) is 11.0 Å². The van der Waals surface area contributed by atoms with Gasteiger partial charge in [0.05, 0.1) is 30.2 Å². The summed E-state index contributed by atoms with van der Waals surface area (Å²) in [5, 5.41) is -3.06. The van der Waals surface area contributed by atoms with Gasteiger partial charge in [0, 0.05) is 10.8 Å². The van der Waals surface area contributed by atoms with Crippen LogP contribution < -0.4 is 0 Å². The number of hydrogen-bond donors (Lipinski definition) is 0. The molecule has 0 bridgehead atoms. The Kier molecular flexibility index (Phi) is 2.39. The second-order valence-electron chi connectivity index (χ2n) is 9.55. The molecule has 0 atom stereocenters. The monoisotopic (exact) mass is 568 g/mol. The Hall–Kier alpha value is -5.66. The molecule has 0 saturated heterocycles. The van der Waals surface area contributed by atoms with Crippen molar-refractivity contribution in [1.82, 2.24) is 0 Å². The zero-order chi connectivity index (χ0) is 47.5. The highest BCUT2D eigenvalue weighted by Crippen LogP contribution is 2.47. The van der Waals surface area contributed by atoms with Crippen LogP contribution in [0.15, 0.2) is 162 Å². The highest BCUT2D eigenvalue weighted by Gasteiger charge is 2.20. The van der Waals surface area contributed by atoms with E-state index < -0.39 is 193 Å². The van der Waals surface area contributed by atoms with Crippen molar-refractivity contribution in [3.8, 4) is 33.4 Å². The summed E-state index contributed by atoms with van der Waals surface area (Å²) in [5.41, 5.74) is -3.71. The Morgan fingerprint density at radius 3 is 1.84 bits per heavy atom. The fourth-order valence-electron chi connectivity index (χ4n) is 5.41. The van der Waals surface area contributed by atoms with Crippen LogP contribution in [0.2, 0.25) is 0 Å². The highest BCUT2D eigenvalue weighted by molar-refractivity contribution is 6.25. The zero-order valence-electron chi connectivity index (χ0n) is 43.7. The maximum absolute atomic E-state index is 9.74. The predicted octanol–water partition coefficient (Wildman–Crippen LogP) is 12.0. The summed E-state index contributed by atoms with van der Waals surface area (Å²) in [7, 11) is 0. The topological polar surface area (TPSA) is 13.1 Å². The quantitative estimate of drug-likeness (QED) is 0.193. The standard InChI is InChI=1S/C42H26O/c1-2-12-28-25-30(24-23-27(28)11-1)29-13-9-14-31(26-29)40-32-15-3-5-17-34(32)41(35-18-6-4-16-33(35)40)37-20-10-22-39-42(37)36-19-7-8-21-38(36)43-39/h1-26H/i1D,2D,3D,4D,5D,6D,9D,10D,11D,12D,13D,14D,15D,16D,17D,18D,20D,22D,23D,24D,25D,26D. The van der Waals surface area contributed by atoms with Gasteiger partial charge in [-0.2, -0.15) is 0 Å². The Morgan fingerprint density at radius 2 is 1.05 bits per heavy atom. The first-order chi connectivity index (χ1) is 30.5. The van der Waals surface area contributed by atoms with E-state index in [1.165, 1.54) is 0 Å². The van der Waals surface area contributed by atoms with E-state index >= 15 is 0 Å². The molecule has 1 nitrogen and oxygen atoms in total. The van der Waals surface area contributed by atoms with Crippen LogP contribution >= 0.6 is 0 Å². The average Bonchev–Trinajstić information content (AvgIpc) is 3.67. The van der Waals surface area contributed by atoms with E-state index in [4.69, 9.17) is 23.6 Å². The lowest BCUT2D eigenvalue weighted by Gasteiger charge is -2.18. The molecular formula is C42H26O. The third-order valence-electron chi connectivity index (χ3n) is 7.21. The summed E-state index contributed by atoms with van der Waals surface area (Å²) in [6.07, 6.45) is 0. The Balaban J connectivity index is 1.60. The number of para-hydroxylation sites is 1. The smallest absolute Gasteiger partial charge is 0.136 e.